The Morgan fingerprint density at radius 1 is 1.25 bits per heavy atom. The quantitative estimate of drug-likeness (QED) is 0.612. The molecule has 0 fully saturated rings. The Hall–Kier alpha value is -3.00. The van der Waals surface area contributed by atoms with E-state index in [1.807, 2.05) is 26.2 Å². The van der Waals surface area contributed by atoms with Crippen LogP contribution in [0.3, 0.4) is 0 Å². The first-order valence-electron chi connectivity index (χ1n) is 10.7. The fraction of sp³-hybridized carbons (Fsp3) is 0.375. The zero-order valence-corrected chi connectivity index (χ0v) is 19.2. The highest BCUT2D eigenvalue weighted by Crippen LogP contribution is 2.38. The van der Waals surface area contributed by atoms with E-state index in [0.717, 1.165) is 16.9 Å². The van der Waals surface area contributed by atoms with Gasteiger partial charge in [0, 0.05) is 18.1 Å². The number of imide groups is 1. The molecule has 168 valence electrons. The zero-order chi connectivity index (χ0) is 22.8. The van der Waals surface area contributed by atoms with Gasteiger partial charge in [-0.2, -0.15) is 11.8 Å². The Balaban J connectivity index is 1.63. The Bertz CT molecular complexity index is 1040. The molecule has 2 aromatic rings. The predicted octanol–water partition coefficient (Wildman–Crippen LogP) is 3.77. The van der Waals surface area contributed by atoms with Gasteiger partial charge >= 0.3 is 0 Å². The van der Waals surface area contributed by atoms with E-state index >= 15 is 0 Å². The van der Waals surface area contributed by atoms with E-state index in [0.29, 0.717) is 47.1 Å². The summed E-state index contributed by atoms with van der Waals surface area (Å²) in [5.74, 6) is 0.557. The van der Waals surface area contributed by atoms with Crippen molar-refractivity contribution >= 4 is 35.2 Å². The van der Waals surface area contributed by atoms with Crippen LogP contribution in [0.15, 0.2) is 36.4 Å². The summed E-state index contributed by atoms with van der Waals surface area (Å²) in [6, 6.07) is 9.37. The summed E-state index contributed by atoms with van der Waals surface area (Å²) < 4.78 is 11.6. The Kier molecular flexibility index (Phi) is 6.41. The van der Waals surface area contributed by atoms with Gasteiger partial charge in [-0.1, -0.05) is 12.1 Å². The second-order valence-corrected chi connectivity index (χ2v) is 8.82. The maximum atomic E-state index is 13.4. The highest BCUT2D eigenvalue weighted by atomic mass is 32.2. The van der Waals surface area contributed by atoms with Crippen molar-refractivity contribution in [2.75, 3.05) is 23.9 Å². The van der Waals surface area contributed by atoms with Gasteiger partial charge in [-0.15, -0.1) is 0 Å². The molecule has 2 unspecified atom stereocenters. The van der Waals surface area contributed by atoms with Crippen LogP contribution in [0.2, 0.25) is 0 Å². The molecule has 1 N–H and O–H groups in total. The lowest BCUT2D eigenvalue weighted by Gasteiger charge is -2.25. The molecule has 2 aliphatic rings. The average Bonchev–Trinajstić information content (AvgIpc) is 3.25. The van der Waals surface area contributed by atoms with Gasteiger partial charge in [0.1, 0.15) is 23.6 Å². The second kappa shape index (κ2) is 9.24. The van der Waals surface area contributed by atoms with Crippen LogP contribution in [0.1, 0.15) is 46.5 Å². The number of fused-ring (bicyclic) bond motifs is 2. The number of benzene rings is 2. The van der Waals surface area contributed by atoms with Crippen molar-refractivity contribution < 1.29 is 23.9 Å². The Morgan fingerprint density at radius 2 is 1.94 bits per heavy atom. The van der Waals surface area contributed by atoms with Crippen molar-refractivity contribution in [2.24, 2.45) is 0 Å². The number of hydrogen-bond acceptors (Lipinski definition) is 6. The van der Waals surface area contributed by atoms with Gasteiger partial charge in [0.15, 0.2) is 0 Å². The molecule has 0 aromatic heterocycles. The second-order valence-electron chi connectivity index (χ2n) is 7.83. The first-order chi connectivity index (χ1) is 15.4. The SMILES string of the molecule is CCOc1cc2c(cc1NC(=O)C(CCSC)N1C(=O)c3ccccc3C1=O)OC(C)C2. The summed E-state index contributed by atoms with van der Waals surface area (Å²) in [5.41, 5.74) is 2.15. The van der Waals surface area contributed by atoms with Gasteiger partial charge in [-0.25, -0.2) is 0 Å². The third kappa shape index (κ3) is 4.07. The summed E-state index contributed by atoms with van der Waals surface area (Å²) in [4.78, 5) is 40.5. The Morgan fingerprint density at radius 3 is 2.56 bits per heavy atom. The van der Waals surface area contributed by atoms with Crippen molar-refractivity contribution in [1.29, 1.82) is 0 Å². The van der Waals surface area contributed by atoms with Gasteiger partial charge in [-0.05, 0) is 50.5 Å². The number of hydrogen-bond donors (Lipinski definition) is 1. The fourth-order valence-electron chi connectivity index (χ4n) is 4.13. The molecule has 8 heteroatoms. The predicted molar refractivity (Wildman–Crippen MR) is 124 cm³/mol. The van der Waals surface area contributed by atoms with Crippen LogP contribution in [0, 0.1) is 0 Å². The molecular weight excluding hydrogens is 428 g/mol. The molecule has 2 heterocycles. The fourth-order valence-corrected chi connectivity index (χ4v) is 4.58. The molecule has 2 aromatic carbocycles. The molecule has 0 radical (unpaired) electrons. The number of anilines is 1. The van der Waals surface area contributed by atoms with Crippen LogP contribution in [0.4, 0.5) is 5.69 Å². The van der Waals surface area contributed by atoms with E-state index in [1.54, 1.807) is 42.1 Å². The molecule has 0 aliphatic carbocycles. The number of ether oxygens (including phenoxy) is 2. The van der Waals surface area contributed by atoms with Crippen LogP contribution in [-0.2, 0) is 11.2 Å². The summed E-state index contributed by atoms with van der Waals surface area (Å²) in [6.07, 6.45) is 3.09. The molecule has 32 heavy (non-hydrogen) atoms. The molecule has 2 atom stereocenters. The van der Waals surface area contributed by atoms with Crippen molar-refractivity contribution in [3.05, 3.63) is 53.1 Å². The van der Waals surface area contributed by atoms with Crippen molar-refractivity contribution in [3.63, 3.8) is 0 Å². The normalized spacial score (nSPS) is 17.6. The van der Waals surface area contributed by atoms with E-state index in [4.69, 9.17) is 9.47 Å². The third-order valence-corrected chi connectivity index (χ3v) is 6.24. The van der Waals surface area contributed by atoms with Crippen molar-refractivity contribution in [3.8, 4) is 11.5 Å². The number of carbonyl (C=O) groups excluding carboxylic acids is 3. The lowest BCUT2D eigenvalue weighted by Crippen LogP contribution is -2.47. The number of thioether (sulfide) groups is 1. The first kappa shape index (κ1) is 22.2. The van der Waals surface area contributed by atoms with Crippen LogP contribution in [-0.4, -0.2) is 53.4 Å². The smallest absolute Gasteiger partial charge is 0.262 e. The molecule has 0 bridgehead atoms. The molecule has 3 amide bonds. The van der Waals surface area contributed by atoms with Gasteiger partial charge in [0.25, 0.3) is 11.8 Å². The van der Waals surface area contributed by atoms with Crippen LogP contribution in [0.5, 0.6) is 11.5 Å². The largest absolute Gasteiger partial charge is 0.492 e. The van der Waals surface area contributed by atoms with Crippen LogP contribution in [0.25, 0.3) is 0 Å². The van der Waals surface area contributed by atoms with E-state index in [2.05, 4.69) is 5.32 Å². The summed E-state index contributed by atoms with van der Waals surface area (Å²) >= 11 is 1.55. The molecule has 7 nitrogen and oxygen atoms in total. The molecule has 0 spiro atoms. The highest BCUT2D eigenvalue weighted by Gasteiger charge is 2.42. The monoisotopic (exact) mass is 454 g/mol. The van der Waals surface area contributed by atoms with E-state index in [9.17, 15) is 14.4 Å². The van der Waals surface area contributed by atoms with Crippen molar-refractivity contribution in [1.82, 2.24) is 4.90 Å². The highest BCUT2D eigenvalue weighted by molar-refractivity contribution is 7.98. The average molecular weight is 455 g/mol. The minimum Gasteiger partial charge on any atom is -0.492 e. The maximum absolute atomic E-state index is 13.4. The molecular formula is C24H26N2O5S. The minimum absolute atomic E-state index is 0.0538. The standard InChI is InChI=1S/C24H26N2O5S/c1-4-30-21-12-15-11-14(2)31-20(15)13-18(21)25-22(27)19(9-10-32-3)26-23(28)16-7-5-6-8-17(16)24(26)29/h5-8,12-14,19H,4,9-11H2,1-3H3,(H,25,27). The molecule has 0 saturated heterocycles. The number of rotatable bonds is 8. The summed E-state index contributed by atoms with van der Waals surface area (Å²) in [7, 11) is 0. The summed E-state index contributed by atoms with van der Waals surface area (Å²) in [5, 5.41) is 2.89. The van der Waals surface area contributed by atoms with E-state index in [1.165, 1.54) is 0 Å². The maximum Gasteiger partial charge on any atom is 0.262 e. The van der Waals surface area contributed by atoms with Gasteiger partial charge in [0.05, 0.1) is 23.4 Å². The number of nitrogens with zero attached hydrogens (tertiary/aromatic N) is 1. The topological polar surface area (TPSA) is 84.9 Å². The number of carbonyl (C=O) groups is 3. The van der Waals surface area contributed by atoms with Gasteiger partial charge in [-0.3, -0.25) is 19.3 Å². The lowest BCUT2D eigenvalue weighted by atomic mass is 10.1. The number of nitrogens with one attached hydrogen (secondary N) is 1. The molecule has 2 aliphatic heterocycles. The summed E-state index contributed by atoms with van der Waals surface area (Å²) in [6.45, 7) is 4.30. The van der Waals surface area contributed by atoms with Crippen LogP contribution >= 0.6 is 11.8 Å². The van der Waals surface area contributed by atoms with Crippen molar-refractivity contribution in [2.45, 2.75) is 38.8 Å². The molecule has 4 rings (SSSR count). The van der Waals surface area contributed by atoms with E-state index in [-0.39, 0.29) is 6.10 Å². The van der Waals surface area contributed by atoms with Crippen LogP contribution < -0.4 is 14.8 Å². The Labute approximate surface area is 191 Å². The van der Waals surface area contributed by atoms with Gasteiger partial charge in [0.2, 0.25) is 5.91 Å². The molecule has 0 saturated carbocycles. The minimum atomic E-state index is -0.933. The number of amides is 3. The third-order valence-electron chi connectivity index (χ3n) is 5.59. The van der Waals surface area contributed by atoms with Gasteiger partial charge < -0.3 is 14.8 Å². The first-order valence-corrected chi connectivity index (χ1v) is 12.1. The lowest BCUT2D eigenvalue weighted by molar-refractivity contribution is -0.120. The zero-order valence-electron chi connectivity index (χ0n) is 18.3. The van der Waals surface area contributed by atoms with E-state index < -0.39 is 23.8 Å².